The van der Waals surface area contributed by atoms with E-state index in [4.69, 9.17) is 10.00 Å². The number of halogens is 1. The standard InChI is InChI=1S/C12H13BrN2O2/c1-2-17-12(16)7-11(8-14)15-10-5-3-4-9(13)6-10/h3-6,11,15H,2,7H2,1H3. The van der Waals surface area contributed by atoms with Gasteiger partial charge in [0.2, 0.25) is 0 Å². The first-order valence-corrected chi connectivity index (χ1v) is 6.02. The third-order valence-corrected chi connectivity index (χ3v) is 2.49. The van der Waals surface area contributed by atoms with Gasteiger partial charge >= 0.3 is 5.97 Å². The zero-order valence-corrected chi connectivity index (χ0v) is 11.0. The van der Waals surface area contributed by atoms with E-state index in [1.807, 2.05) is 30.3 Å². The molecule has 4 nitrogen and oxygen atoms in total. The van der Waals surface area contributed by atoms with E-state index in [0.717, 1.165) is 10.2 Å². The molecule has 0 fully saturated rings. The normalized spacial score (nSPS) is 11.4. The number of esters is 1. The summed E-state index contributed by atoms with van der Waals surface area (Å²) in [4.78, 5) is 11.2. The molecule has 17 heavy (non-hydrogen) atoms. The maximum absolute atomic E-state index is 11.2. The molecule has 0 aliphatic heterocycles. The molecule has 0 aliphatic carbocycles. The molecule has 90 valence electrons. The van der Waals surface area contributed by atoms with Gasteiger partial charge in [0.05, 0.1) is 19.1 Å². The van der Waals surface area contributed by atoms with Crippen molar-refractivity contribution in [2.45, 2.75) is 19.4 Å². The van der Waals surface area contributed by atoms with Crippen LogP contribution in [0.25, 0.3) is 0 Å². The molecule has 0 spiro atoms. The van der Waals surface area contributed by atoms with Gasteiger partial charge in [0.25, 0.3) is 0 Å². The Morgan fingerprint density at radius 2 is 2.41 bits per heavy atom. The van der Waals surface area contributed by atoms with E-state index >= 15 is 0 Å². The Hall–Kier alpha value is -1.54. The van der Waals surface area contributed by atoms with E-state index < -0.39 is 6.04 Å². The minimum absolute atomic E-state index is 0.0385. The lowest BCUT2D eigenvalue weighted by molar-refractivity contribution is -0.143. The number of nitriles is 1. The average molecular weight is 297 g/mol. The Labute approximate surface area is 109 Å². The number of benzene rings is 1. The molecule has 1 rings (SSSR count). The van der Waals surface area contributed by atoms with E-state index in [-0.39, 0.29) is 12.4 Å². The van der Waals surface area contributed by atoms with Gasteiger partial charge in [-0.25, -0.2) is 0 Å². The van der Waals surface area contributed by atoms with Gasteiger partial charge in [0.15, 0.2) is 0 Å². The van der Waals surface area contributed by atoms with Gasteiger partial charge in [-0.2, -0.15) is 5.26 Å². The van der Waals surface area contributed by atoms with Crippen LogP contribution >= 0.6 is 15.9 Å². The van der Waals surface area contributed by atoms with Crippen LogP contribution in [-0.4, -0.2) is 18.6 Å². The second kappa shape index (κ2) is 6.92. The van der Waals surface area contributed by atoms with Crippen molar-refractivity contribution in [3.63, 3.8) is 0 Å². The number of anilines is 1. The van der Waals surface area contributed by atoms with E-state index in [2.05, 4.69) is 21.2 Å². The smallest absolute Gasteiger partial charge is 0.308 e. The highest BCUT2D eigenvalue weighted by Crippen LogP contribution is 2.17. The maximum Gasteiger partial charge on any atom is 0.308 e. The van der Waals surface area contributed by atoms with Crippen LogP contribution in [0.5, 0.6) is 0 Å². The number of nitrogens with zero attached hydrogens (tertiary/aromatic N) is 1. The average Bonchev–Trinajstić information content (AvgIpc) is 2.28. The summed E-state index contributed by atoms with van der Waals surface area (Å²) in [5.41, 5.74) is 0.787. The van der Waals surface area contributed by atoms with Crippen LogP contribution in [0.4, 0.5) is 5.69 Å². The summed E-state index contributed by atoms with van der Waals surface area (Å²) in [6, 6.07) is 8.87. The first kappa shape index (κ1) is 13.5. The number of nitrogens with one attached hydrogen (secondary N) is 1. The van der Waals surface area contributed by atoms with Crippen molar-refractivity contribution in [3.8, 4) is 6.07 Å². The molecule has 0 radical (unpaired) electrons. The number of ether oxygens (including phenoxy) is 1. The van der Waals surface area contributed by atoms with Gasteiger partial charge in [-0.1, -0.05) is 22.0 Å². The molecule has 1 atom stereocenters. The molecular formula is C12H13BrN2O2. The fourth-order valence-electron chi connectivity index (χ4n) is 1.29. The van der Waals surface area contributed by atoms with Gasteiger partial charge in [0.1, 0.15) is 6.04 Å². The predicted octanol–water partition coefficient (Wildman–Crippen LogP) is 2.71. The molecule has 0 aromatic heterocycles. The lowest BCUT2D eigenvalue weighted by Gasteiger charge is -2.12. The molecular weight excluding hydrogens is 284 g/mol. The summed E-state index contributed by atoms with van der Waals surface area (Å²) in [5.74, 6) is -0.374. The highest BCUT2D eigenvalue weighted by Gasteiger charge is 2.13. The van der Waals surface area contributed by atoms with Crippen LogP contribution in [0.2, 0.25) is 0 Å². The Morgan fingerprint density at radius 3 is 3.00 bits per heavy atom. The van der Waals surface area contributed by atoms with E-state index in [1.54, 1.807) is 6.92 Å². The van der Waals surface area contributed by atoms with Gasteiger partial charge in [0, 0.05) is 10.2 Å². The zero-order valence-electron chi connectivity index (χ0n) is 9.44. The number of carbonyl (C=O) groups excluding carboxylic acids is 1. The van der Waals surface area contributed by atoms with E-state index in [1.165, 1.54) is 0 Å². The Balaban J connectivity index is 2.59. The number of rotatable bonds is 5. The lowest BCUT2D eigenvalue weighted by atomic mass is 10.2. The van der Waals surface area contributed by atoms with Crippen molar-refractivity contribution in [3.05, 3.63) is 28.7 Å². The minimum Gasteiger partial charge on any atom is -0.466 e. The predicted molar refractivity (Wildman–Crippen MR) is 68.4 cm³/mol. The van der Waals surface area contributed by atoms with E-state index in [0.29, 0.717) is 6.61 Å². The van der Waals surface area contributed by atoms with Gasteiger partial charge in [-0.15, -0.1) is 0 Å². The summed E-state index contributed by atoms with van der Waals surface area (Å²) in [6.07, 6.45) is 0.0385. The van der Waals surface area contributed by atoms with Crippen LogP contribution in [-0.2, 0) is 9.53 Å². The molecule has 1 unspecified atom stereocenters. The zero-order chi connectivity index (χ0) is 12.7. The SMILES string of the molecule is CCOC(=O)CC(C#N)Nc1cccc(Br)c1. The molecule has 0 saturated carbocycles. The van der Waals surface area contributed by atoms with Crippen LogP contribution in [0.1, 0.15) is 13.3 Å². The third-order valence-electron chi connectivity index (χ3n) is 2.00. The van der Waals surface area contributed by atoms with Crippen molar-refractivity contribution in [1.29, 1.82) is 5.26 Å². The maximum atomic E-state index is 11.2. The molecule has 1 N–H and O–H groups in total. The summed E-state index contributed by atoms with van der Waals surface area (Å²) >= 11 is 3.34. The fourth-order valence-corrected chi connectivity index (χ4v) is 1.69. The minimum atomic E-state index is -0.580. The van der Waals surface area contributed by atoms with Gasteiger partial charge < -0.3 is 10.1 Å². The van der Waals surface area contributed by atoms with Crippen LogP contribution in [0, 0.1) is 11.3 Å². The summed E-state index contributed by atoms with van der Waals surface area (Å²) < 4.78 is 5.71. The molecule has 0 saturated heterocycles. The first-order valence-electron chi connectivity index (χ1n) is 5.23. The summed E-state index contributed by atoms with van der Waals surface area (Å²) in [7, 11) is 0. The Kier molecular flexibility index (Phi) is 5.50. The van der Waals surface area contributed by atoms with Crippen LogP contribution < -0.4 is 5.32 Å². The van der Waals surface area contributed by atoms with Crippen molar-refractivity contribution in [1.82, 2.24) is 0 Å². The molecule has 0 bridgehead atoms. The van der Waals surface area contributed by atoms with Crippen molar-refractivity contribution in [2.24, 2.45) is 0 Å². The molecule has 0 aliphatic rings. The molecule has 5 heteroatoms. The summed E-state index contributed by atoms with van der Waals surface area (Å²) in [6.45, 7) is 2.06. The lowest BCUT2D eigenvalue weighted by Crippen LogP contribution is -2.22. The largest absolute Gasteiger partial charge is 0.466 e. The first-order chi connectivity index (χ1) is 8.15. The Morgan fingerprint density at radius 1 is 1.65 bits per heavy atom. The second-order valence-electron chi connectivity index (χ2n) is 3.35. The Bertz CT molecular complexity index is 429. The van der Waals surface area contributed by atoms with Crippen LogP contribution in [0.3, 0.4) is 0 Å². The van der Waals surface area contributed by atoms with Crippen molar-refractivity contribution >= 4 is 27.6 Å². The monoisotopic (exact) mass is 296 g/mol. The number of carbonyl (C=O) groups is 1. The molecule has 0 amide bonds. The second-order valence-corrected chi connectivity index (χ2v) is 4.26. The molecule has 1 aromatic rings. The van der Waals surface area contributed by atoms with Crippen LogP contribution in [0.15, 0.2) is 28.7 Å². The quantitative estimate of drug-likeness (QED) is 0.849. The number of hydrogen-bond acceptors (Lipinski definition) is 4. The highest BCUT2D eigenvalue weighted by atomic mass is 79.9. The fraction of sp³-hybridized carbons (Fsp3) is 0.333. The van der Waals surface area contributed by atoms with E-state index in [9.17, 15) is 4.79 Å². The van der Waals surface area contributed by atoms with Gasteiger partial charge in [-0.3, -0.25) is 4.79 Å². The van der Waals surface area contributed by atoms with Gasteiger partial charge in [-0.05, 0) is 25.1 Å². The molecule has 0 heterocycles. The summed E-state index contributed by atoms with van der Waals surface area (Å²) in [5, 5.41) is 11.9. The third kappa shape index (κ3) is 4.87. The van der Waals surface area contributed by atoms with Crippen molar-refractivity contribution < 1.29 is 9.53 Å². The topological polar surface area (TPSA) is 62.1 Å². The number of hydrogen-bond donors (Lipinski definition) is 1. The molecule has 1 aromatic carbocycles. The highest BCUT2D eigenvalue weighted by molar-refractivity contribution is 9.10. The van der Waals surface area contributed by atoms with Crippen molar-refractivity contribution in [2.75, 3.05) is 11.9 Å².